The van der Waals surface area contributed by atoms with Gasteiger partial charge in [-0.15, -0.1) is 0 Å². The zero-order valence-electron chi connectivity index (χ0n) is 22.2. The van der Waals surface area contributed by atoms with Crippen molar-refractivity contribution in [3.8, 4) is 0 Å². The van der Waals surface area contributed by atoms with Gasteiger partial charge >= 0.3 is 0 Å². The van der Waals surface area contributed by atoms with Crippen LogP contribution in [0.15, 0.2) is 121 Å². The maximum absolute atomic E-state index is 2.51. The summed E-state index contributed by atoms with van der Waals surface area (Å²) in [5.74, 6) is 0. The van der Waals surface area contributed by atoms with Crippen LogP contribution < -0.4 is 0 Å². The van der Waals surface area contributed by atoms with E-state index in [1.807, 2.05) is 0 Å². The predicted molar refractivity (Wildman–Crippen MR) is 166 cm³/mol. The lowest BCUT2D eigenvalue weighted by atomic mass is 9.79. The topological polar surface area (TPSA) is 4.93 Å². The molecular formula is C37H31N. The molecule has 6 aromatic carbocycles. The van der Waals surface area contributed by atoms with E-state index in [1.54, 1.807) is 0 Å². The minimum atomic E-state index is -0.0837. The predicted octanol–water partition coefficient (Wildman–Crippen LogP) is 10.4. The molecule has 0 amide bonds. The van der Waals surface area contributed by atoms with E-state index in [0.29, 0.717) is 0 Å². The Labute approximate surface area is 223 Å². The first-order chi connectivity index (χ1) is 18.6. The highest BCUT2D eigenvalue weighted by Crippen LogP contribution is 2.42. The molecule has 0 bridgehead atoms. The van der Waals surface area contributed by atoms with Gasteiger partial charge in [0.05, 0.1) is 0 Å². The highest BCUT2D eigenvalue weighted by molar-refractivity contribution is 6.25. The lowest BCUT2D eigenvalue weighted by Gasteiger charge is -2.30. The fourth-order valence-electron chi connectivity index (χ4n) is 6.68. The van der Waals surface area contributed by atoms with E-state index < -0.39 is 0 Å². The highest BCUT2D eigenvalue weighted by Gasteiger charge is 2.27. The number of rotatable bonds is 4. The monoisotopic (exact) mass is 489 g/mol. The van der Waals surface area contributed by atoms with Crippen molar-refractivity contribution in [3.05, 3.63) is 127 Å². The second kappa shape index (κ2) is 8.60. The Morgan fingerprint density at radius 3 is 1.47 bits per heavy atom. The molecule has 0 atom stereocenters. The van der Waals surface area contributed by atoms with E-state index in [-0.39, 0.29) is 5.41 Å². The summed E-state index contributed by atoms with van der Waals surface area (Å²) in [5.41, 5.74) is 5.19. The smallest absolute Gasteiger partial charge is 0.0491 e. The molecule has 0 aliphatic rings. The van der Waals surface area contributed by atoms with Crippen molar-refractivity contribution < 1.29 is 0 Å². The number of aromatic nitrogens is 1. The van der Waals surface area contributed by atoms with Crippen LogP contribution in [0.2, 0.25) is 0 Å². The molecule has 184 valence electrons. The van der Waals surface area contributed by atoms with E-state index in [0.717, 1.165) is 6.54 Å². The summed E-state index contributed by atoms with van der Waals surface area (Å²) in [7, 11) is 0. The molecule has 7 rings (SSSR count). The normalized spacial score (nSPS) is 12.9. The van der Waals surface area contributed by atoms with Crippen molar-refractivity contribution in [3.63, 3.8) is 0 Å². The molecule has 1 heterocycles. The Bertz CT molecular complexity index is 1950. The van der Waals surface area contributed by atoms with Crippen LogP contribution >= 0.6 is 0 Å². The lowest BCUT2D eigenvalue weighted by Crippen LogP contribution is -2.21. The van der Waals surface area contributed by atoms with Gasteiger partial charge < -0.3 is 4.57 Å². The van der Waals surface area contributed by atoms with Gasteiger partial charge in [0.15, 0.2) is 0 Å². The van der Waals surface area contributed by atoms with Crippen LogP contribution in [0.1, 0.15) is 26.3 Å². The van der Waals surface area contributed by atoms with Crippen LogP contribution in [0.4, 0.5) is 0 Å². The first kappa shape index (κ1) is 22.8. The maximum atomic E-state index is 2.51. The minimum absolute atomic E-state index is 0.0837. The van der Waals surface area contributed by atoms with Crippen molar-refractivity contribution in [2.75, 3.05) is 0 Å². The molecule has 0 saturated heterocycles. The maximum Gasteiger partial charge on any atom is 0.0491 e. The first-order valence-electron chi connectivity index (χ1n) is 13.5. The molecular weight excluding hydrogens is 458 g/mol. The molecule has 1 nitrogen and oxygen atoms in total. The van der Waals surface area contributed by atoms with Gasteiger partial charge in [0, 0.05) is 33.8 Å². The standard InChI is InChI=1S/C37H31N/c1-4-34(37(2,3)24-38-35-19-11-9-17-31(35)32-18-10-12-20-36(32)38)25-21-22-30-28-15-6-5-13-26(28)27-14-7-8-16-29(27)33(30)23-25/h4-23H,24H2,1-3H3/b34-4-. The van der Waals surface area contributed by atoms with Crippen LogP contribution in [0.3, 0.4) is 0 Å². The fourth-order valence-corrected chi connectivity index (χ4v) is 6.68. The second-order valence-corrected chi connectivity index (χ2v) is 11.1. The average molecular weight is 490 g/mol. The van der Waals surface area contributed by atoms with Crippen molar-refractivity contribution in [2.24, 2.45) is 5.41 Å². The Morgan fingerprint density at radius 2 is 0.974 bits per heavy atom. The molecule has 0 fully saturated rings. The molecule has 38 heavy (non-hydrogen) atoms. The van der Waals surface area contributed by atoms with Crippen LogP contribution in [-0.4, -0.2) is 4.57 Å². The van der Waals surface area contributed by atoms with Gasteiger partial charge in [0.1, 0.15) is 0 Å². The zero-order valence-corrected chi connectivity index (χ0v) is 22.2. The average Bonchev–Trinajstić information content (AvgIpc) is 3.26. The fraction of sp³-hybridized carbons (Fsp3) is 0.135. The van der Waals surface area contributed by atoms with Crippen LogP contribution in [0.25, 0.3) is 59.7 Å². The molecule has 1 heteroatoms. The van der Waals surface area contributed by atoms with Gasteiger partial charge in [-0.05, 0) is 68.6 Å². The van der Waals surface area contributed by atoms with Crippen LogP contribution in [0, 0.1) is 5.41 Å². The molecule has 1 aromatic heterocycles. The first-order valence-corrected chi connectivity index (χ1v) is 13.5. The summed E-state index contributed by atoms with van der Waals surface area (Å²) < 4.78 is 2.51. The summed E-state index contributed by atoms with van der Waals surface area (Å²) in [4.78, 5) is 0. The Hall–Kier alpha value is -4.36. The third-order valence-corrected chi connectivity index (χ3v) is 8.31. The zero-order chi connectivity index (χ0) is 25.9. The third kappa shape index (κ3) is 3.39. The van der Waals surface area contributed by atoms with Crippen molar-refractivity contribution in [2.45, 2.75) is 27.3 Å². The summed E-state index contributed by atoms with van der Waals surface area (Å²) in [5, 5.41) is 10.6. The van der Waals surface area contributed by atoms with E-state index in [1.165, 1.54) is 65.3 Å². The van der Waals surface area contributed by atoms with Crippen LogP contribution in [0.5, 0.6) is 0 Å². The van der Waals surface area contributed by atoms with Crippen molar-refractivity contribution >= 4 is 59.7 Å². The molecule has 0 saturated carbocycles. The molecule has 7 aromatic rings. The Morgan fingerprint density at radius 1 is 0.553 bits per heavy atom. The van der Waals surface area contributed by atoms with E-state index in [9.17, 15) is 0 Å². The van der Waals surface area contributed by atoms with Crippen molar-refractivity contribution in [1.29, 1.82) is 0 Å². The number of hydrogen-bond acceptors (Lipinski definition) is 0. The molecule has 0 N–H and O–H groups in total. The van der Waals surface area contributed by atoms with E-state index in [4.69, 9.17) is 0 Å². The van der Waals surface area contributed by atoms with E-state index in [2.05, 4.69) is 147 Å². The summed E-state index contributed by atoms with van der Waals surface area (Å²) >= 11 is 0. The molecule has 0 aliphatic heterocycles. The second-order valence-electron chi connectivity index (χ2n) is 11.1. The third-order valence-electron chi connectivity index (χ3n) is 8.31. The minimum Gasteiger partial charge on any atom is -0.340 e. The molecule has 0 radical (unpaired) electrons. The summed E-state index contributed by atoms with van der Waals surface area (Å²) in [6, 6.07) is 42.3. The van der Waals surface area contributed by atoms with Crippen LogP contribution in [-0.2, 0) is 6.54 Å². The number of allylic oxidation sites excluding steroid dienone is 2. The van der Waals surface area contributed by atoms with Crippen molar-refractivity contribution in [1.82, 2.24) is 4.57 Å². The number of para-hydroxylation sites is 2. The highest BCUT2D eigenvalue weighted by atomic mass is 15.0. The number of nitrogens with zero attached hydrogens (tertiary/aromatic N) is 1. The number of benzene rings is 6. The molecule has 0 spiro atoms. The number of hydrogen-bond donors (Lipinski definition) is 0. The molecule has 0 unspecified atom stereocenters. The summed E-state index contributed by atoms with van der Waals surface area (Å²) in [6.45, 7) is 7.85. The van der Waals surface area contributed by atoms with E-state index >= 15 is 0 Å². The van der Waals surface area contributed by atoms with Gasteiger partial charge in [-0.3, -0.25) is 0 Å². The van der Waals surface area contributed by atoms with Gasteiger partial charge in [-0.25, -0.2) is 0 Å². The molecule has 0 aliphatic carbocycles. The largest absolute Gasteiger partial charge is 0.340 e. The number of fused-ring (bicyclic) bond motifs is 9. The lowest BCUT2D eigenvalue weighted by molar-refractivity contribution is 0.427. The SMILES string of the molecule is C/C=C(/c1ccc2c3ccccc3c3ccccc3c2c1)C(C)(C)Cn1c2ccccc2c2ccccc21. The van der Waals surface area contributed by atoms with Gasteiger partial charge in [0.2, 0.25) is 0 Å². The quantitative estimate of drug-likeness (QED) is 0.217. The Balaban J connectivity index is 1.40. The van der Waals surface area contributed by atoms with Gasteiger partial charge in [-0.1, -0.05) is 117 Å². The Kier molecular flexibility index (Phi) is 5.16. The van der Waals surface area contributed by atoms with Gasteiger partial charge in [0.25, 0.3) is 0 Å². The van der Waals surface area contributed by atoms with Gasteiger partial charge in [-0.2, -0.15) is 0 Å². The summed E-state index contributed by atoms with van der Waals surface area (Å²) in [6.07, 6.45) is 2.32.